The molecule has 5 heteroatoms. The van der Waals surface area contributed by atoms with Crippen molar-refractivity contribution in [2.75, 3.05) is 0 Å². The molecule has 3 unspecified atom stereocenters. The van der Waals surface area contributed by atoms with E-state index < -0.39 is 29.3 Å². The summed E-state index contributed by atoms with van der Waals surface area (Å²) in [5.41, 5.74) is -1.94. The van der Waals surface area contributed by atoms with Crippen LogP contribution in [0.15, 0.2) is 36.4 Å². The van der Waals surface area contributed by atoms with Crippen LogP contribution in [0.25, 0.3) is 10.8 Å². The highest BCUT2D eigenvalue weighted by atomic mass is 19.2. The quantitative estimate of drug-likeness (QED) is 0.233. The molecule has 1 saturated carbocycles. The fraction of sp³-hybridized carbons (Fsp3) is 0.391. The maximum atomic E-state index is 15.0. The summed E-state index contributed by atoms with van der Waals surface area (Å²) >= 11 is 0. The van der Waals surface area contributed by atoms with Crippen LogP contribution in [-0.2, 0) is 0 Å². The van der Waals surface area contributed by atoms with Gasteiger partial charge in [0.25, 0.3) is 0 Å². The molecule has 0 radical (unpaired) electrons. The minimum atomic E-state index is -2.23. The Morgan fingerprint density at radius 1 is 1.18 bits per heavy atom. The van der Waals surface area contributed by atoms with Crippen LogP contribution in [0.1, 0.15) is 44.6 Å². The Bertz CT molecular complexity index is 953. The first-order valence-electron chi connectivity index (χ1n) is 9.38. The minimum absolute atomic E-state index is 0.0176. The summed E-state index contributed by atoms with van der Waals surface area (Å²) in [6.45, 7) is 1.92. The Hall–Kier alpha value is -2.35. The van der Waals surface area contributed by atoms with Gasteiger partial charge in [-0.3, -0.25) is 0 Å². The van der Waals surface area contributed by atoms with Crippen LogP contribution < -0.4 is 0 Å². The van der Waals surface area contributed by atoms with E-state index in [-0.39, 0.29) is 35.1 Å². The lowest BCUT2D eigenvalue weighted by molar-refractivity contribution is 0.0365. The lowest BCUT2D eigenvalue weighted by Crippen LogP contribution is -2.39. The molecule has 0 heterocycles. The van der Waals surface area contributed by atoms with Crippen molar-refractivity contribution in [2.24, 2.45) is 5.92 Å². The Balaban J connectivity index is 1.78. The Labute approximate surface area is 161 Å². The Morgan fingerprint density at radius 3 is 2.68 bits per heavy atom. The molecule has 148 valence electrons. The Kier molecular flexibility index (Phi) is 6.07. The molecule has 0 aliphatic heterocycles. The molecule has 2 aromatic carbocycles. The lowest BCUT2D eigenvalue weighted by atomic mass is 9.77. The number of hydrogen-bond donors (Lipinski definition) is 0. The first-order valence-corrected chi connectivity index (χ1v) is 9.38. The molecule has 0 bridgehead atoms. The highest BCUT2D eigenvalue weighted by Gasteiger charge is 2.43. The SMILES string of the molecule is C/C=C/CCC1CCC(F)(C#Cc2ccc3c(F)c(F)c(F)cc3c2)C(F)C1. The van der Waals surface area contributed by atoms with Crippen molar-refractivity contribution in [1.82, 2.24) is 0 Å². The lowest BCUT2D eigenvalue weighted by Gasteiger charge is -2.33. The summed E-state index contributed by atoms with van der Waals surface area (Å²) < 4.78 is 69.9. The van der Waals surface area contributed by atoms with E-state index in [4.69, 9.17) is 0 Å². The summed E-state index contributed by atoms with van der Waals surface area (Å²) in [4.78, 5) is 0. The van der Waals surface area contributed by atoms with E-state index in [2.05, 4.69) is 11.8 Å². The zero-order valence-electron chi connectivity index (χ0n) is 15.5. The van der Waals surface area contributed by atoms with E-state index in [0.29, 0.717) is 6.42 Å². The number of allylic oxidation sites excluding steroid dienone is 2. The molecule has 1 aliphatic rings. The van der Waals surface area contributed by atoms with Crippen LogP contribution in [0.5, 0.6) is 0 Å². The van der Waals surface area contributed by atoms with E-state index in [0.717, 1.165) is 18.9 Å². The third kappa shape index (κ3) is 4.22. The molecule has 0 N–H and O–H groups in total. The van der Waals surface area contributed by atoms with Gasteiger partial charge in [0.05, 0.1) is 0 Å². The molecular formula is C23H21F5. The van der Waals surface area contributed by atoms with E-state index in [1.54, 1.807) is 0 Å². The van der Waals surface area contributed by atoms with E-state index >= 15 is 0 Å². The van der Waals surface area contributed by atoms with Gasteiger partial charge in [0, 0.05) is 10.9 Å². The van der Waals surface area contributed by atoms with Crippen molar-refractivity contribution in [3.8, 4) is 11.8 Å². The van der Waals surface area contributed by atoms with Crippen LogP contribution in [0.3, 0.4) is 0 Å². The van der Waals surface area contributed by atoms with Crippen molar-refractivity contribution in [3.05, 3.63) is 59.4 Å². The van der Waals surface area contributed by atoms with E-state index in [1.165, 1.54) is 18.2 Å². The first kappa shape index (κ1) is 20.4. The van der Waals surface area contributed by atoms with Gasteiger partial charge in [-0.05, 0) is 68.5 Å². The van der Waals surface area contributed by atoms with Crippen LogP contribution in [0.2, 0.25) is 0 Å². The summed E-state index contributed by atoms with van der Waals surface area (Å²) in [5.74, 6) is 0.980. The Morgan fingerprint density at radius 2 is 1.96 bits per heavy atom. The zero-order valence-corrected chi connectivity index (χ0v) is 15.5. The fourth-order valence-electron chi connectivity index (χ4n) is 3.63. The van der Waals surface area contributed by atoms with Gasteiger partial charge in [-0.1, -0.05) is 30.1 Å². The number of rotatable bonds is 3. The smallest absolute Gasteiger partial charge is 0.202 e. The third-order valence-corrected chi connectivity index (χ3v) is 5.32. The largest absolute Gasteiger partial charge is 0.243 e. The highest BCUT2D eigenvalue weighted by Crippen LogP contribution is 2.39. The standard InChI is InChI=1S/C23H21F5/c1-2-3-4-5-15-8-10-23(28,20(25)13-15)11-9-16-6-7-18-17(12-16)14-19(24)22(27)21(18)26/h2-3,6-7,12,14-15,20H,4-5,8,10,13H2,1H3/b3-2+. The second kappa shape index (κ2) is 8.34. The molecule has 3 atom stereocenters. The zero-order chi connectivity index (χ0) is 20.3. The van der Waals surface area contributed by atoms with Crippen molar-refractivity contribution in [1.29, 1.82) is 0 Å². The van der Waals surface area contributed by atoms with Crippen molar-refractivity contribution in [3.63, 3.8) is 0 Å². The first-order chi connectivity index (χ1) is 13.3. The second-order valence-corrected chi connectivity index (χ2v) is 7.29. The highest BCUT2D eigenvalue weighted by molar-refractivity contribution is 5.84. The molecule has 3 rings (SSSR count). The van der Waals surface area contributed by atoms with E-state index in [1.807, 2.05) is 19.1 Å². The average molecular weight is 392 g/mol. The predicted octanol–water partition coefficient (Wildman–Crippen LogP) is 6.81. The molecule has 0 aromatic heterocycles. The van der Waals surface area contributed by atoms with Crippen LogP contribution in [-0.4, -0.2) is 11.8 Å². The molecular weight excluding hydrogens is 371 g/mol. The summed E-state index contributed by atoms with van der Waals surface area (Å²) in [6, 6.07) is 4.84. The van der Waals surface area contributed by atoms with E-state index in [9.17, 15) is 22.0 Å². The molecule has 2 aromatic rings. The van der Waals surface area contributed by atoms with Crippen LogP contribution in [0, 0.1) is 35.2 Å². The van der Waals surface area contributed by atoms with Crippen LogP contribution >= 0.6 is 0 Å². The number of fused-ring (bicyclic) bond motifs is 1. The molecule has 28 heavy (non-hydrogen) atoms. The fourth-order valence-corrected chi connectivity index (χ4v) is 3.63. The van der Waals surface area contributed by atoms with Gasteiger partial charge in [0.2, 0.25) is 5.67 Å². The van der Waals surface area contributed by atoms with Gasteiger partial charge < -0.3 is 0 Å². The second-order valence-electron chi connectivity index (χ2n) is 7.29. The topological polar surface area (TPSA) is 0 Å². The molecule has 0 spiro atoms. The average Bonchev–Trinajstić information content (AvgIpc) is 2.68. The minimum Gasteiger partial charge on any atom is -0.243 e. The third-order valence-electron chi connectivity index (χ3n) is 5.32. The normalized spacial score (nSPS) is 25.1. The molecule has 1 aliphatic carbocycles. The van der Waals surface area contributed by atoms with Crippen molar-refractivity contribution >= 4 is 10.8 Å². The van der Waals surface area contributed by atoms with Crippen molar-refractivity contribution in [2.45, 2.75) is 50.9 Å². The monoisotopic (exact) mass is 392 g/mol. The van der Waals surface area contributed by atoms with Crippen molar-refractivity contribution < 1.29 is 22.0 Å². The summed E-state index contributed by atoms with van der Waals surface area (Å²) in [6.07, 6.45) is 4.68. The molecule has 1 fully saturated rings. The van der Waals surface area contributed by atoms with Crippen LogP contribution in [0.4, 0.5) is 22.0 Å². The van der Waals surface area contributed by atoms with Gasteiger partial charge >= 0.3 is 0 Å². The molecule has 0 saturated heterocycles. The molecule has 0 amide bonds. The maximum absolute atomic E-state index is 15.0. The molecule has 0 nitrogen and oxygen atoms in total. The number of hydrogen-bond acceptors (Lipinski definition) is 0. The predicted molar refractivity (Wildman–Crippen MR) is 101 cm³/mol. The summed E-state index contributed by atoms with van der Waals surface area (Å²) in [7, 11) is 0. The van der Waals surface area contributed by atoms with Gasteiger partial charge in [0.15, 0.2) is 17.5 Å². The number of halogens is 5. The van der Waals surface area contributed by atoms with Gasteiger partial charge in [-0.25, -0.2) is 22.0 Å². The van der Waals surface area contributed by atoms with Gasteiger partial charge in [-0.2, -0.15) is 0 Å². The summed E-state index contributed by atoms with van der Waals surface area (Å²) in [5, 5.41) is 0.0185. The maximum Gasteiger partial charge on any atom is 0.202 e. The number of benzene rings is 2. The van der Waals surface area contributed by atoms with Gasteiger partial charge in [0.1, 0.15) is 6.17 Å². The number of alkyl halides is 2. The van der Waals surface area contributed by atoms with Gasteiger partial charge in [-0.15, -0.1) is 0 Å².